The molecule has 1 saturated heterocycles. The maximum absolute atomic E-state index is 11.7. The number of nitrogens with zero attached hydrogens (tertiary/aromatic N) is 2. The van der Waals surface area contributed by atoms with Crippen LogP contribution in [0.5, 0.6) is 0 Å². The molecule has 4 nitrogen and oxygen atoms in total. The van der Waals surface area contributed by atoms with Crippen molar-refractivity contribution in [1.29, 1.82) is 0 Å². The van der Waals surface area contributed by atoms with Crippen LogP contribution in [0.4, 0.5) is 0 Å². The van der Waals surface area contributed by atoms with Gasteiger partial charge in [0.05, 0.1) is 10.7 Å². The van der Waals surface area contributed by atoms with Crippen molar-refractivity contribution in [3.05, 3.63) is 16.1 Å². The maximum Gasteiger partial charge on any atom is 0.229 e. The smallest absolute Gasteiger partial charge is 0.229 e. The zero-order valence-corrected chi connectivity index (χ0v) is 12.5. The molecule has 1 aliphatic rings. The molecule has 0 atom stereocenters. The van der Waals surface area contributed by atoms with Gasteiger partial charge in [-0.1, -0.05) is 20.8 Å². The summed E-state index contributed by atoms with van der Waals surface area (Å²) in [5, 5.41) is 3.06. The van der Waals surface area contributed by atoms with E-state index in [2.05, 4.69) is 31.1 Å². The molecular formula is C14H20N2O2S. The van der Waals surface area contributed by atoms with Gasteiger partial charge in [0.15, 0.2) is 0 Å². The third-order valence-electron chi connectivity index (χ3n) is 3.25. The van der Waals surface area contributed by atoms with Gasteiger partial charge in [-0.05, 0) is 6.42 Å². The Morgan fingerprint density at radius 2 is 1.89 bits per heavy atom. The van der Waals surface area contributed by atoms with Crippen LogP contribution in [0.15, 0.2) is 5.38 Å². The molecule has 5 heteroatoms. The summed E-state index contributed by atoms with van der Waals surface area (Å²) in [6.45, 7) is 6.85. The van der Waals surface area contributed by atoms with E-state index in [1.165, 1.54) is 4.90 Å². The largest absolute Gasteiger partial charge is 0.282 e. The average Bonchev–Trinajstić information content (AvgIpc) is 2.77. The fraction of sp³-hybridized carbons (Fsp3) is 0.643. The van der Waals surface area contributed by atoms with Gasteiger partial charge >= 0.3 is 0 Å². The quantitative estimate of drug-likeness (QED) is 0.799. The molecule has 2 rings (SSSR count). The Morgan fingerprint density at radius 1 is 1.26 bits per heavy atom. The van der Waals surface area contributed by atoms with E-state index in [-0.39, 0.29) is 17.2 Å². The molecule has 19 heavy (non-hydrogen) atoms. The predicted octanol–water partition coefficient (Wildman–Crippen LogP) is 2.52. The number of imide groups is 1. The molecule has 0 aliphatic carbocycles. The number of hydrogen-bond donors (Lipinski definition) is 0. The molecule has 2 heterocycles. The predicted molar refractivity (Wildman–Crippen MR) is 75.1 cm³/mol. The summed E-state index contributed by atoms with van der Waals surface area (Å²) in [7, 11) is 0. The van der Waals surface area contributed by atoms with Gasteiger partial charge in [-0.15, -0.1) is 11.3 Å². The van der Waals surface area contributed by atoms with Gasteiger partial charge in [0.25, 0.3) is 0 Å². The first-order valence-corrected chi connectivity index (χ1v) is 7.54. The molecule has 0 saturated carbocycles. The second kappa shape index (κ2) is 5.41. The van der Waals surface area contributed by atoms with Crippen molar-refractivity contribution in [1.82, 2.24) is 9.88 Å². The van der Waals surface area contributed by atoms with Gasteiger partial charge in [0.1, 0.15) is 0 Å². The lowest BCUT2D eigenvalue weighted by molar-refractivity contribution is -0.147. The van der Waals surface area contributed by atoms with Crippen LogP contribution in [0, 0.1) is 0 Å². The van der Waals surface area contributed by atoms with Crippen LogP contribution in [0.25, 0.3) is 0 Å². The molecule has 0 radical (unpaired) electrons. The number of piperidine rings is 1. The van der Waals surface area contributed by atoms with E-state index in [4.69, 9.17) is 0 Å². The molecular weight excluding hydrogens is 260 g/mol. The lowest BCUT2D eigenvalue weighted by Crippen LogP contribution is -2.41. The summed E-state index contributed by atoms with van der Waals surface area (Å²) in [6, 6.07) is 0. The van der Waals surface area contributed by atoms with Gasteiger partial charge in [0, 0.05) is 36.6 Å². The Balaban J connectivity index is 1.97. The second-order valence-electron chi connectivity index (χ2n) is 5.92. The number of hydrogen-bond acceptors (Lipinski definition) is 4. The first-order valence-electron chi connectivity index (χ1n) is 6.66. The molecule has 1 aliphatic heterocycles. The third-order valence-corrected chi connectivity index (χ3v) is 4.16. The Bertz CT molecular complexity index is 472. The van der Waals surface area contributed by atoms with Crippen LogP contribution in [-0.4, -0.2) is 28.2 Å². The van der Waals surface area contributed by atoms with E-state index in [0.717, 1.165) is 10.7 Å². The monoisotopic (exact) mass is 280 g/mol. The SMILES string of the molecule is CC(C)(C)c1csc(CCN2C(=O)CCCC2=O)n1. The Kier molecular flexibility index (Phi) is 4.04. The van der Waals surface area contributed by atoms with E-state index in [1.54, 1.807) is 11.3 Å². The van der Waals surface area contributed by atoms with Crippen LogP contribution in [0.3, 0.4) is 0 Å². The lowest BCUT2D eigenvalue weighted by atomic mass is 9.93. The van der Waals surface area contributed by atoms with Crippen molar-refractivity contribution in [2.45, 2.75) is 51.9 Å². The van der Waals surface area contributed by atoms with Gasteiger partial charge < -0.3 is 0 Å². The maximum atomic E-state index is 11.7. The molecule has 1 fully saturated rings. The molecule has 2 amide bonds. The van der Waals surface area contributed by atoms with Gasteiger partial charge in [-0.25, -0.2) is 4.98 Å². The van der Waals surface area contributed by atoms with Crippen LogP contribution < -0.4 is 0 Å². The minimum Gasteiger partial charge on any atom is -0.282 e. The first kappa shape index (κ1) is 14.2. The van der Waals surface area contributed by atoms with E-state index in [0.29, 0.717) is 32.2 Å². The second-order valence-corrected chi connectivity index (χ2v) is 6.86. The molecule has 104 valence electrons. The Labute approximate surface area is 117 Å². The topological polar surface area (TPSA) is 50.3 Å². The van der Waals surface area contributed by atoms with E-state index in [9.17, 15) is 9.59 Å². The van der Waals surface area contributed by atoms with Crippen LogP contribution in [-0.2, 0) is 21.4 Å². The number of rotatable bonds is 3. The molecule has 1 aromatic rings. The van der Waals surface area contributed by atoms with E-state index < -0.39 is 0 Å². The number of carbonyl (C=O) groups is 2. The molecule has 0 aromatic carbocycles. The molecule has 0 spiro atoms. The highest BCUT2D eigenvalue weighted by molar-refractivity contribution is 7.09. The van der Waals surface area contributed by atoms with Crippen molar-refractivity contribution < 1.29 is 9.59 Å². The normalized spacial score (nSPS) is 17.1. The van der Waals surface area contributed by atoms with Crippen molar-refractivity contribution >= 4 is 23.2 Å². The Hall–Kier alpha value is -1.23. The number of likely N-dealkylation sites (tertiary alicyclic amines) is 1. The minimum absolute atomic E-state index is 0.0381. The highest BCUT2D eigenvalue weighted by atomic mass is 32.1. The minimum atomic E-state index is -0.0381. The highest BCUT2D eigenvalue weighted by Gasteiger charge is 2.26. The standard InChI is InChI=1S/C14H20N2O2S/c1-14(2,3)10-9-19-11(15-10)7-8-16-12(17)5-4-6-13(16)18/h9H,4-8H2,1-3H3. The van der Waals surface area contributed by atoms with Gasteiger partial charge in [-0.3, -0.25) is 14.5 Å². The van der Waals surface area contributed by atoms with Crippen LogP contribution in [0.1, 0.15) is 50.7 Å². The first-order chi connectivity index (χ1) is 8.88. The zero-order chi connectivity index (χ0) is 14.0. The average molecular weight is 280 g/mol. The van der Waals surface area contributed by atoms with Crippen molar-refractivity contribution in [3.8, 4) is 0 Å². The summed E-state index contributed by atoms with van der Waals surface area (Å²) in [5.41, 5.74) is 1.12. The summed E-state index contributed by atoms with van der Waals surface area (Å²) in [4.78, 5) is 29.3. The molecule has 0 N–H and O–H groups in total. The zero-order valence-electron chi connectivity index (χ0n) is 11.7. The van der Waals surface area contributed by atoms with Gasteiger partial charge in [-0.2, -0.15) is 0 Å². The Morgan fingerprint density at radius 3 is 2.42 bits per heavy atom. The number of carbonyl (C=O) groups excluding carboxylic acids is 2. The number of thiazole rings is 1. The fourth-order valence-corrected chi connectivity index (χ4v) is 3.04. The molecule has 0 unspecified atom stereocenters. The molecule has 1 aromatic heterocycles. The van der Waals surface area contributed by atoms with E-state index in [1.807, 2.05) is 0 Å². The highest BCUT2D eigenvalue weighted by Crippen LogP contribution is 2.24. The van der Waals surface area contributed by atoms with Crippen molar-refractivity contribution in [2.24, 2.45) is 0 Å². The van der Waals surface area contributed by atoms with Crippen LogP contribution >= 0.6 is 11.3 Å². The van der Waals surface area contributed by atoms with E-state index >= 15 is 0 Å². The number of amides is 2. The summed E-state index contributed by atoms with van der Waals surface area (Å²) in [5.74, 6) is -0.0762. The summed E-state index contributed by atoms with van der Waals surface area (Å²) in [6.07, 6.45) is 2.35. The lowest BCUT2D eigenvalue weighted by Gasteiger charge is -2.24. The number of aromatic nitrogens is 1. The summed E-state index contributed by atoms with van der Waals surface area (Å²) < 4.78 is 0. The van der Waals surface area contributed by atoms with Crippen molar-refractivity contribution in [2.75, 3.05) is 6.54 Å². The fourth-order valence-electron chi connectivity index (χ4n) is 2.03. The summed E-state index contributed by atoms with van der Waals surface area (Å²) >= 11 is 1.61. The third kappa shape index (κ3) is 3.41. The van der Waals surface area contributed by atoms with Crippen LogP contribution in [0.2, 0.25) is 0 Å². The van der Waals surface area contributed by atoms with Crippen molar-refractivity contribution in [3.63, 3.8) is 0 Å². The molecule has 0 bridgehead atoms. The van der Waals surface area contributed by atoms with Gasteiger partial charge in [0.2, 0.25) is 11.8 Å².